The van der Waals surface area contributed by atoms with Crippen LogP contribution in [0.2, 0.25) is 0 Å². The van der Waals surface area contributed by atoms with Crippen LogP contribution in [0, 0.1) is 0 Å². The number of aromatic nitrogens is 2. The van der Waals surface area contributed by atoms with Crippen LogP contribution in [0.4, 0.5) is 10.8 Å². The van der Waals surface area contributed by atoms with Crippen molar-refractivity contribution >= 4 is 32.4 Å². The third kappa shape index (κ3) is 2.46. The SMILES string of the molecule is COc1cccc(Nc2nc(=O)c3cccnc3s2)c1. The molecule has 0 saturated heterocycles. The fourth-order valence-electron chi connectivity index (χ4n) is 1.78. The molecule has 3 aromatic rings. The molecule has 0 radical (unpaired) electrons. The summed E-state index contributed by atoms with van der Waals surface area (Å²) in [5.41, 5.74) is 0.528. The van der Waals surface area contributed by atoms with E-state index in [-0.39, 0.29) is 5.56 Å². The van der Waals surface area contributed by atoms with Crippen molar-refractivity contribution in [2.75, 3.05) is 12.4 Å². The fraction of sp³-hybridized carbons (Fsp3) is 0.0714. The van der Waals surface area contributed by atoms with Crippen molar-refractivity contribution < 1.29 is 4.74 Å². The summed E-state index contributed by atoms with van der Waals surface area (Å²) >= 11 is 1.34. The van der Waals surface area contributed by atoms with Crippen LogP contribution in [0.1, 0.15) is 0 Å². The van der Waals surface area contributed by atoms with Gasteiger partial charge in [-0.05, 0) is 24.3 Å². The molecule has 0 bridgehead atoms. The van der Waals surface area contributed by atoms with Crippen LogP contribution >= 0.6 is 11.3 Å². The van der Waals surface area contributed by atoms with Crippen molar-refractivity contribution in [3.05, 3.63) is 52.9 Å². The number of pyridine rings is 1. The van der Waals surface area contributed by atoms with Crippen molar-refractivity contribution in [3.8, 4) is 5.75 Å². The molecule has 3 rings (SSSR count). The van der Waals surface area contributed by atoms with E-state index < -0.39 is 0 Å². The van der Waals surface area contributed by atoms with E-state index in [9.17, 15) is 4.79 Å². The molecule has 0 spiro atoms. The summed E-state index contributed by atoms with van der Waals surface area (Å²) in [5, 5.41) is 4.14. The Morgan fingerprint density at radius 3 is 3.00 bits per heavy atom. The molecule has 1 aromatic carbocycles. The first-order valence-corrected chi connectivity index (χ1v) is 6.75. The van der Waals surface area contributed by atoms with Crippen LogP contribution in [-0.2, 0) is 0 Å². The highest BCUT2D eigenvalue weighted by Gasteiger charge is 2.05. The standard InChI is InChI=1S/C14H11N3O2S/c1-19-10-5-2-4-9(8-10)16-14-17-12(18)11-6-3-7-15-13(11)20-14/h2-8H,1H3,(H,16,17,18). The summed E-state index contributed by atoms with van der Waals surface area (Å²) < 4.78 is 5.16. The van der Waals surface area contributed by atoms with E-state index in [0.29, 0.717) is 15.3 Å². The van der Waals surface area contributed by atoms with E-state index in [0.717, 1.165) is 11.4 Å². The minimum Gasteiger partial charge on any atom is -0.497 e. The number of rotatable bonds is 3. The van der Waals surface area contributed by atoms with Gasteiger partial charge in [0.1, 0.15) is 10.6 Å². The molecule has 2 aromatic heterocycles. The first-order chi connectivity index (χ1) is 9.76. The number of benzene rings is 1. The molecule has 0 amide bonds. The number of nitrogens with zero attached hydrogens (tertiary/aromatic N) is 2. The maximum absolute atomic E-state index is 11.9. The highest BCUT2D eigenvalue weighted by molar-refractivity contribution is 7.21. The molecule has 0 aliphatic carbocycles. The van der Waals surface area contributed by atoms with E-state index >= 15 is 0 Å². The Morgan fingerprint density at radius 1 is 1.25 bits per heavy atom. The number of anilines is 2. The molecule has 0 aliphatic heterocycles. The molecule has 0 unspecified atom stereocenters. The van der Waals surface area contributed by atoms with Gasteiger partial charge in [0.25, 0.3) is 5.56 Å². The van der Waals surface area contributed by atoms with Gasteiger partial charge < -0.3 is 10.1 Å². The Labute approximate surface area is 118 Å². The topological polar surface area (TPSA) is 64.1 Å². The van der Waals surface area contributed by atoms with Crippen molar-refractivity contribution in [1.29, 1.82) is 0 Å². The Hall–Kier alpha value is -2.47. The van der Waals surface area contributed by atoms with Crippen LogP contribution in [-0.4, -0.2) is 17.1 Å². The lowest BCUT2D eigenvalue weighted by Gasteiger charge is -2.06. The molecule has 2 heterocycles. The van der Waals surface area contributed by atoms with Crippen molar-refractivity contribution in [1.82, 2.24) is 9.97 Å². The van der Waals surface area contributed by atoms with Gasteiger partial charge in [-0.15, -0.1) is 0 Å². The van der Waals surface area contributed by atoms with E-state index in [4.69, 9.17) is 4.74 Å². The molecule has 0 saturated carbocycles. The van der Waals surface area contributed by atoms with Gasteiger partial charge in [-0.2, -0.15) is 4.98 Å². The van der Waals surface area contributed by atoms with Crippen molar-refractivity contribution in [2.45, 2.75) is 0 Å². The summed E-state index contributed by atoms with van der Waals surface area (Å²) in [4.78, 5) is 20.8. The lowest BCUT2D eigenvalue weighted by atomic mass is 10.3. The second-order valence-corrected chi connectivity index (χ2v) is 5.01. The summed E-state index contributed by atoms with van der Waals surface area (Å²) in [7, 11) is 1.61. The Balaban J connectivity index is 2.00. The highest BCUT2D eigenvalue weighted by Crippen LogP contribution is 2.24. The zero-order chi connectivity index (χ0) is 13.9. The van der Waals surface area contributed by atoms with Gasteiger partial charge in [-0.1, -0.05) is 17.4 Å². The summed E-state index contributed by atoms with van der Waals surface area (Å²) in [6, 6.07) is 10.9. The van der Waals surface area contributed by atoms with Gasteiger partial charge in [-0.25, -0.2) is 4.98 Å². The quantitative estimate of drug-likeness (QED) is 0.801. The predicted octanol–water partition coefficient (Wildman–Crippen LogP) is 2.80. The van der Waals surface area contributed by atoms with Crippen LogP contribution in [0.5, 0.6) is 5.75 Å². The molecular weight excluding hydrogens is 274 g/mol. The number of ether oxygens (including phenoxy) is 1. The van der Waals surface area contributed by atoms with Crippen LogP contribution < -0.4 is 15.6 Å². The number of nitrogens with one attached hydrogen (secondary N) is 1. The molecule has 0 fully saturated rings. The van der Waals surface area contributed by atoms with Gasteiger partial charge in [0.15, 0.2) is 5.13 Å². The molecule has 0 atom stereocenters. The fourth-order valence-corrected chi connectivity index (χ4v) is 2.64. The minimum atomic E-state index is -0.280. The molecule has 0 aliphatic rings. The zero-order valence-corrected chi connectivity index (χ0v) is 11.5. The van der Waals surface area contributed by atoms with Crippen LogP contribution in [0.3, 0.4) is 0 Å². The van der Waals surface area contributed by atoms with Gasteiger partial charge >= 0.3 is 0 Å². The van der Waals surface area contributed by atoms with Crippen LogP contribution in [0.25, 0.3) is 10.2 Å². The van der Waals surface area contributed by atoms with Crippen LogP contribution in [0.15, 0.2) is 47.4 Å². The molecule has 1 N–H and O–H groups in total. The van der Waals surface area contributed by atoms with E-state index in [1.807, 2.05) is 24.3 Å². The third-order valence-electron chi connectivity index (χ3n) is 2.72. The average molecular weight is 285 g/mol. The van der Waals surface area contributed by atoms with Crippen molar-refractivity contribution in [2.24, 2.45) is 0 Å². The van der Waals surface area contributed by atoms with Gasteiger partial charge in [0, 0.05) is 18.0 Å². The molecule has 20 heavy (non-hydrogen) atoms. The largest absolute Gasteiger partial charge is 0.497 e. The number of hydrogen-bond donors (Lipinski definition) is 1. The smallest absolute Gasteiger partial charge is 0.282 e. The molecular formula is C14H11N3O2S. The maximum atomic E-state index is 11.9. The lowest BCUT2D eigenvalue weighted by molar-refractivity contribution is 0.415. The lowest BCUT2D eigenvalue weighted by Crippen LogP contribution is -2.07. The Morgan fingerprint density at radius 2 is 2.15 bits per heavy atom. The molecule has 6 heteroatoms. The first-order valence-electron chi connectivity index (χ1n) is 5.93. The third-order valence-corrected chi connectivity index (χ3v) is 3.62. The summed E-state index contributed by atoms with van der Waals surface area (Å²) in [6.07, 6.45) is 1.66. The second kappa shape index (κ2) is 5.26. The monoisotopic (exact) mass is 285 g/mol. The molecule has 5 nitrogen and oxygen atoms in total. The minimum absolute atomic E-state index is 0.280. The summed E-state index contributed by atoms with van der Waals surface area (Å²) in [5.74, 6) is 0.737. The number of hydrogen-bond acceptors (Lipinski definition) is 6. The predicted molar refractivity (Wildman–Crippen MR) is 80.0 cm³/mol. The van der Waals surface area contributed by atoms with E-state index in [1.54, 1.807) is 25.4 Å². The van der Waals surface area contributed by atoms with Crippen molar-refractivity contribution in [3.63, 3.8) is 0 Å². The second-order valence-electron chi connectivity index (χ2n) is 4.04. The summed E-state index contributed by atoms with van der Waals surface area (Å²) in [6.45, 7) is 0. The van der Waals surface area contributed by atoms with Gasteiger partial charge in [0.2, 0.25) is 0 Å². The number of methoxy groups -OCH3 is 1. The highest BCUT2D eigenvalue weighted by atomic mass is 32.1. The van der Waals surface area contributed by atoms with E-state index in [2.05, 4.69) is 15.3 Å². The average Bonchev–Trinajstić information content (AvgIpc) is 2.47. The normalized spacial score (nSPS) is 10.4. The first kappa shape index (κ1) is 12.6. The molecule has 100 valence electrons. The van der Waals surface area contributed by atoms with Gasteiger partial charge in [0.05, 0.1) is 12.5 Å². The Bertz CT molecular complexity index is 817. The van der Waals surface area contributed by atoms with Gasteiger partial charge in [-0.3, -0.25) is 4.79 Å². The van der Waals surface area contributed by atoms with E-state index in [1.165, 1.54) is 11.3 Å². The Kier molecular flexibility index (Phi) is 3.30. The maximum Gasteiger partial charge on any atom is 0.282 e. The number of fused-ring (bicyclic) bond motifs is 1. The zero-order valence-electron chi connectivity index (χ0n) is 10.7.